The molecule has 1 heterocycles. The summed E-state index contributed by atoms with van der Waals surface area (Å²) in [5.41, 5.74) is 9.54. The second-order valence-electron chi connectivity index (χ2n) is 7.96. The van der Waals surface area contributed by atoms with Crippen molar-refractivity contribution in [3.05, 3.63) is 34.7 Å². The normalized spacial score (nSPS) is 14.2. The van der Waals surface area contributed by atoms with Crippen molar-refractivity contribution in [1.29, 1.82) is 0 Å². The molecule has 0 saturated carbocycles. The molecule has 1 aliphatic heterocycles. The molecule has 1 saturated heterocycles. The number of ether oxygens (including phenoxy) is 1. The predicted molar refractivity (Wildman–Crippen MR) is 113 cm³/mol. The summed E-state index contributed by atoms with van der Waals surface area (Å²) in [7, 11) is 0. The highest BCUT2D eigenvalue weighted by Crippen LogP contribution is 2.20. The molecule has 9 nitrogen and oxygen atoms in total. The van der Waals surface area contributed by atoms with E-state index in [0.29, 0.717) is 38.9 Å². The van der Waals surface area contributed by atoms with Crippen molar-refractivity contribution in [3.63, 3.8) is 0 Å². The van der Waals surface area contributed by atoms with Crippen LogP contribution in [0.5, 0.6) is 0 Å². The van der Waals surface area contributed by atoms with Crippen molar-refractivity contribution in [2.24, 2.45) is 5.11 Å². The lowest BCUT2D eigenvalue weighted by Crippen LogP contribution is -2.50. The van der Waals surface area contributed by atoms with Gasteiger partial charge in [-0.3, -0.25) is 4.79 Å². The average Bonchev–Trinajstić information content (AvgIpc) is 2.67. The van der Waals surface area contributed by atoms with Crippen LogP contribution in [0.25, 0.3) is 10.4 Å². The van der Waals surface area contributed by atoms with E-state index in [0.717, 1.165) is 24.5 Å². The predicted octanol–water partition coefficient (Wildman–Crippen LogP) is 4.16. The molecule has 1 aliphatic rings. The first-order chi connectivity index (χ1) is 13.8. The van der Waals surface area contributed by atoms with Gasteiger partial charge < -0.3 is 19.9 Å². The van der Waals surface area contributed by atoms with Gasteiger partial charge in [0.15, 0.2) is 0 Å². The van der Waals surface area contributed by atoms with Crippen LogP contribution >= 0.6 is 0 Å². The van der Waals surface area contributed by atoms with E-state index in [2.05, 4.69) is 20.2 Å². The highest BCUT2D eigenvalue weighted by Gasteiger charge is 2.25. The van der Waals surface area contributed by atoms with Gasteiger partial charge in [-0.2, -0.15) is 0 Å². The van der Waals surface area contributed by atoms with E-state index < -0.39 is 5.60 Å². The molecule has 0 aromatic heterocycles. The Labute approximate surface area is 171 Å². The molecular weight excluding hydrogens is 372 g/mol. The van der Waals surface area contributed by atoms with Crippen molar-refractivity contribution in [1.82, 2.24) is 4.90 Å². The Hall–Kier alpha value is -2.93. The Balaban J connectivity index is 1.77. The van der Waals surface area contributed by atoms with Gasteiger partial charge in [-0.05, 0) is 63.4 Å². The number of nitrogens with one attached hydrogen (secondary N) is 1. The SMILES string of the molecule is CC(C)(C)OC(=O)N1CCN(c2ccc(NC(=O)CCCCN=[N+]=[N-])cc2)CC1. The van der Waals surface area contributed by atoms with Crippen LogP contribution in [0.4, 0.5) is 16.2 Å². The minimum atomic E-state index is -0.487. The maximum Gasteiger partial charge on any atom is 0.410 e. The van der Waals surface area contributed by atoms with E-state index in [1.54, 1.807) is 4.90 Å². The first-order valence-corrected chi connectivity index (χ1v) is 9.92. The number of hydrogen-bond acceptors (Lipinski definition) is 5. The summed E-state index contributed by atoms with van der Waals surface area (Å²) in [5.74, 6) is -0.0512. The fourth-order valence-electron chi connectivity index (χ4n) is 2.97. The van der Waals surface area contributed by atoms with Gasteiger partial charge in [-0.1, -0.05) is 5.11 Å². The zero-order valence-electron chi connectivity index (χ0n) is 17.4. The second kappa shape index (κ2) is 10.6. The number of amides is 2. The number of benzene rings is 1. The second-order valence-corrected chi connectivity index (χ2v) is 7.96. The van der Waals surface area contributed by atoms with Gasteiger partial charge >= 0.3 is 6.09 Å². The molecule has 158 valence electrons. The van der Waals surface area contributed by atoms with Crippen molar-refractivity contribution < 1.29 is 14.3 Å². The zero-order chi connectivity index (χ0) is 21.3. The highest BCUT2D eigenvalue weighted by atomic mass is 16.6. The number of carbonyl (C=O) groups is 2. The number of nitrogens with zero attached hydrogens (tertiary/aromatic N) is 5. The summed E-state index contributed by atoms with van der Waals surface area (Å²) in [4.78, 5) is 30.7. The molecule has 0 radical (unpaired) electrons. The van der Waals surface area contributed by atoms with Gasteiger partial charge in [0.2, 0.25) is 5.91 Å². The van der Waals surface area contributed by atoms with Gasteiger partial charge in [0, 0.05) is 55.4 Å². The molecule has 29 heavy (non-hydrogen) atoms. The lowest BCUT2D eigenvalue weighted by atomic mass is 10.2. The molecule has 9 heteroatoms. The van der Waals surface area contributed by atoms with Gasteiger partial charge in [0.05, 0.1) is 0 Å². The number of piperazine rings is 1. The first kappa shape index (κ1) is 22.4. The number of hydrogen-bond donors (Lipinski definition) is 1. The number of unbranched alkanes of at least 4 members (excludes halogenated alkanes) is 1. The Morgan fingerprint density at radius 1 is 1.14 bits per heavy atom. The highest BCUT2D eigenvalue weighted by molar-refractivity contribution is 5.90. The van der Waals surface area contributed by atoms with Crippen molar-refractivity contribution >= 4 is 23.4 Å². The Bertz CT molecular complexity index is 730. The molecule has 0 atom stereocenters. The molecule has 1 fully saturated rings. The van der Waals surface area contributed by atoms with E-state index in [4.69, 9.17) is 10.3 Å². The minimum absolute atomic E-state index is 0.0512. The molecule has 0 unspecified atom stereocenters. The quantitative estimate of drug-likeness (QED) is 0.319. The summed E-state index contributed by atoms with van der Waals surface area (Å²) in [6.07, 6.45) is 1.51. The van der Waals surface area contributed by atoms with Gasteiger partial charge in [0.25, 0.3) is 0 Å². The zero-order valence-corrected chi connectivity index (χ0v) is 17.4. The molecule has 0 aliphatic carbocycles. The van der Waals surface area contributed by atoms with Crippen molar-refractivity contribution in [3.8, 4) is 0 Å². The monoisotopic (exact) mass is 402 g/mol. The number of anilines is 2. The maximum atomic E-state index is 12.2. The Morgan fingerprint density at radius 3 is 2.38 bits per heavy atom. The third-order valence-electron chi connectivity index (χ3n) is 4.42. The number of carbonyl (C=O) groups excluding carboxylic acids is 2. The summed E-state index contributed by atoms with van der Waals surface area (Å²) in [6.45, 7) is 8.71. The first-order valence-electron chi connectivity index (χ1n) is 9.92. The van der Waals surface area contributed by atoms with Crippen LogP contribution in [0.2, 0.25) is 0 Å². The van der Waals surface area contributed by atoms with Crippen LogP contribution < -0.4 is 10.2 Å². The van der Waals surface area contributed by atoms with Crippen LogP contribution in [0.3, 0.4) is 0 Å². The summed E-state index contributed by atoms with van der Waals surface area (Å²) >= 11 is 0. The van der Waals surface area contributed by atoms with Crippen LogP contribution in [0, 0.1) is 0 Å². The molecule has 0 spiro atoms. The Morgan fingerprint density at radius 2 is 1.79 bits per heavy atom. The molecule has 0 bridgehead atoms. The number of azide groups is 1. The fourth-order valence-corrected chi connectivity index (χ4v) is 2.97. The van der Waals surface area contributed by atoms with Crippen LogP contribution in [0.15, 0.2) is 29.4 Å². The summed E-state index contributed by atoms with van der Waals surface area (Å²) in [5, 5.41) is 6.33. The average molecular weight is 402 g/mol. The smallest absolute Gasteiger partial charge is 0.410 e. The van der Waals surface area contributed by atoms with Crippen LogP contribution in [-0.2, 0) is 9.53 Å². The molecule has 1 aromatic rings. The number of rotatable bonds is 7. The molecule has 1 N–H and O–H groups in total. The summed E-state index contributed by atoms with van der Waals surface area (Å²) in [6, 6.07) is 7.71. The third-order valence-corrected chi connectivity index (χ3v) is 4.42. The van der Waals surface area contributed by atoms with Crippen molar-refractivity contribution in [2.45, 2.75) is 45.6 Å². The van der Waals surface area contributed by atoms with Crippen LogP contribution in [-0.4, -0.2) is 55.2 Å². The van der Waals surface area contributed by atoms with E-state index >= 15 is 0 Å². The summed E-state index contributed by atoms with van der Waals surface area (Å²) < 4.78 is 5.43. The van der Waals surface area contributed by atoms with Crippen LogP contribution in [0.1, 0.15) is 40.0 Å². The van der Waals surface area contributed by atoms with E-state index in [9.17, 15) is 9.59 Å². The van der Waals surface area contributed by atoms with E-state index in [1.165, 1.54) is 0 Å². The van der Waals surface area contributed by atoms with Gasteiger partial charge in [-0.15, -0.1) is 0 Å². The van der Waals surface area contributed by atoms with Crippen molar-refractivity contribution in [2.75, 3.05) is 42.9 Å². The molecule has 1 aromatic carbocycles. The van der Waals surface area contributed by atoms with E-state index in [1.807, 2.05) is 45.0 Å². The molecular formula is C20H30N6O3. The van der Waals surface area contributed by atoms with Gasteiger partial charge in [0.1, 0.15) is 5.60 Å². The standard InChI is InChI=1S/C20H30N6O3/c1-20(2,3)29-19(28)26-14-12-25(13-15-26)17-9-7-16(8-10-17)23-18(27)6-4-5-11-22-24-21/h7-10H,4-6,11-15H2,1-3H3,(H,23,27). The molecule has 2 rings (SSSR count). The fraction of sp³-hybridized carbons (Fsp3) is 0.600. The largest absolute Gasteiger partial charge is 0.444 e. The Kier molecular flexibility index (Phi) is 8.15. The minimum Gasteiger partial charge on any atom is -0.444 e. The van der Waals surface area contributed by atoms with Gasteiger partial charge in [-0.25, -0.2) is 4.79 Å². The lowest BCUT2D eigenvalue weighted by molar-refractivity contribution is -0.116. The van der Waals surface area contributed by atoms with E-state index in [-0.39, 0.29) is 12.0 Å². The third kappa shape index (κ3) is 7.91. The lowest BCUT2D eigenvalue weighted by Gasteiger charge is -2.36. The maximum absolute atomic E-state index is 12.2. The molecule has 2 amide bonds. The topological polar surface area (TPSA) is 111 Å².